The van der Waals surface area contributed by atoms with E-state index in [1.165, 1.54) is 0 Å². The van der Waals surface area contributed by atoms with Crippen molar-refractivity contribution in [1.82, 2.24) is 4.90 Å². The lowest BCUT2D eigenvalue weighted by molar-refractivity contribution is -0.138. The van der Waals surface area contributed by atoms with E-state index >= 15 is 0 Å². The van der Waals surface area contributed by atoms with Crippen LogP contribution in [0.2, 0.25) is 0 Å². The van der Waals surface area contributed by atoms with Gasteiger partial charge in [-0.2, -0.15) is 0 Å². The molecule has 84 valence electrons. The second kappa shape index (κ2) is 3.59. The zero-order valence-corrected chi connectivity index (χ0v) is 9.04. The molecular weight excluding hydrogens is 202 g/mol. The van der Waals surface area contributed by atoms with Crippen LogP contribution in [0.25, 0.3) is 0 Å². The number of hydrogen-bond acceptors (Lipinski definition) is 2. The Balaban J connectivity index is 1.76. The van der Waals surface area contributed by atoms with Crippen molar-refractivity contribution >= 4 is 5.91 Å². The maximum atomic E-state index is 11.9. The van der Waals surface area contributed by atoms with Crippen molar-refractivity contribution in [2.24, 2.45) is 5.92 Å². The molecule has 1 aromatic carbocycles. The first-order valence-corrected chi connectivity index (χ1v) is 5.78. The molecule has 1 N–H and O–H groups in total. The van der Waals surface area contributed by atoms with E-state index in [4.69, 9.17) is 0 Å². The first-order valence-electron chi connectivity index (χ1n) is 5.78. The van der Waals surface area contributed by atoms with E-state index in [1.54, 1.807) is 0 Å². The zero-order chi connectivity index (χ0) is 11.1. The van der Waals surface area contributed by atoms with Crippen LogP contribution < -0.4 is 0 Å². The third kappa shape index (κ3) is 1.43. The fourth-order valence-electron chi connectivity index (χ4n) is 2.89. The van der Waals surface area contributed by atoms with Gasteiger partial charge in [-0.1, -0.05) is 30.3 Å². The molecule has 0 aromatic heterocycles. The highest BCUT2D eigenvalue weighted by molar-refractivity contribution is 5.83. The van der Waals surface area contributed by atoms with Crippen LogP contribution in [0.5, 0.6) is 0 Å². The topological polar surface area (TPSA) is 40.5 Å². The van der Waals surface area contributed by atoms with Gasteiger partial charge in [0.1, 0.15) is 0 Å². The largest absolute Gasteiger partial charge is 0.392 e. The number of benzene rings is 1. The minimum Gasteiger partial charge on any atom is -0.392 e. The molecule has 16 heavy (non-hydrogen) atoms. The average molecular weight is 217 g/mol. The lowest BCUT2D eigenvalue weighted by atomic mass is 10.0. The van der Waals surface area contributed by atoms with E-state index in [-0.39, 0.29) is 17.9 Å². The Kier molecular flexibility index (Phi) is 2.21. The lowest BCUT2D eigenvalue weighted by Crippen LogP contribution is -2.41. The zero-order valence-electron chi connectivity index (χ0n) is 9.04. The molecule has 3 unspecified atom stereocenters. The highest BCUT2D eigenvalue weighted by Gasteiger charge is 2.49. The molecule has 3 atom stereocenters. The van der Waals surface area contributed by atoms with Gasteiger partial charge < -0.3 is 10.0 Å². The Morgan fingerprint density at radius 1 is 1.25 bits per heavy atom. The van der Waals surface area contributed by atoms with E-state index in [0.717, 1.165) is 18.4 Å². The fourth-order valence-corrected chi connectivity index (χ4v) is 2.89. The second-order valence-corrected chi connectivity index (χ2v) is 4.75. The van der Waals surface area contributed by atoms with Gasteiger partial charge in [0, 0.05) is 12.6 Å². The quantitative estimate of drug-likeness (QED) is 0.807. The molecule has 3 rings (SSSR count). The van der Waals surface area contributed by atoms with E-state index in [2.05, 4.69) is 0 Å². The molecule has 1 saturated carbocycles. The second-order valence-electron chi connectivity index (χ2n) is 4.75. The standard InChI is InChI=1S/C13H15NO2/c15-12-7-10-6-11(12)13(16)14(10)8-9-4-2-1-3-5-9/h1-5,10-12,15H,6-8H2. The number of likely N-dealkylation sites (tertiary alicyclic amines) is 1. The third-order valence-corrected chi connectivity index (χ3v) is 3.74. The first kappa shape index (κ1) is 9.85. The Bertz CT molecular complexity index is 404. The molecule has 2 fully saturated rings. The minimum atomic E-state index is -0.399. The number of carbonyl (C=O) groups is 1. The Hall–Kier alpha value is -1.35. The van der Waals surface area contributed by atoms with E-state index in [0.29, 0.717) is 6.54 Å². The van der Waals surface area contributed by atoms with Crippen LogP contribution in [0.3, 0.4) is 0 Å². The minimum absolute atomic E-state index is 0.131. The van der Waals surface area contributed by atoms with Crippen LogP contribution in [0.1, 0.15) is 18.4 Å². The van der Waals surface area contributed by atoms with Gasteiger partial charge in [0.2, 0.25) is 5.91 Å². The number of rotatable bonds is 2. The number of aliphatic hydroxyl groups excluding tert-OH is 1. The average Bonchev–Trinajstić information content (AvgIpc) is 2.80. The van der Waals surface area contributed by atoms with Gasteiger partial charge >= 0.3 is 0 Å². The van der Waals surface area contributed by atoms with Gasteiger partial charge in [0.25, 0.3) is 0 Å². The molecule has 1 aromatic rings. The predicted octanol–water partition coefficient (Wildman–Crippen LogP) is 1.17. The molecule has 3 nitrogen and oxygen atoms in total. The molecule has 1 saturated heterocycles. The van der Waals surface area contributed by atoms with Crippen molar-refractivity contribution in [1.29, 1.82) is 0 Å². The molecule has 3 heteroatoms. The van der Waals surface area contributed by atoms with E-state index < -0.39 is 6.10 Å². The van der Waals surface area contributed by atoms with Crippen molar-refractivity contribution in [3.63, 3.8) is 0 Å². The number of carbonyl (C=O) groups excluding carboxylic acids is 1. The molecular formula is C13H15NO2. The Morgan fingerprint density at radius 3 is 2.62 bits per heavy atom. The number of aliphatic hydroxyl groups is 1. The maximum Gasteiger partial charge on any atom is 0.228 e. The van der Waals surface area contributed by atoms with Crippen LogP contribution in [0, 0.1) is 5.92 Å². The Labute approximate surface area is 94.7 Å². The summed E-state index contributed by atoms with van der Waals surface area (Å²) in [5, 5.41) is 9.63. The third-order valence-electron chi connectivity index (χ3n) is 3.74. The first-order chi connectivity index (χ1) is 7.75. The summed E-state index contributed by atoms with van der Waals surface area (Å²) in [5.74, 6) is 0.00122. The molecule has 2 bridgehead atoms. The molecule has 1 heterocycles. The highest BCUT2D eigenvalue weighted by atomic mass is 16.3. The maximum absolute atomic E-state index is 11.9. The van der Waals surface area contributed by atoms with Gasteiger partial charge in [-0.05, 0) is 18.4 Å². The summed E-state index contributed by atoms with van der Waals surface area (Å²) in [4.78, 5) is 13.9. The molecule has 1 amide bonds. The summed E-state index contributed by atoms with van der Waals surface area (Å²) in [6.45, 7) is 0.688. The number of hydrogen-bond donors (Lipinski definition) is 1. The van der Waals surface area contributed by atoms with Crippen molar-refractivity contribution in [3.05, 3.63) is 35.9 Å². The van der Waals surface area contributed by atoms with Crippen LogP contribution in [0.15, 0.2) is 30.3 Å². The van der Waals surface area contributed by atoms with Crippen LogP contribution in [-0.4, -0.2) is 28.1 Å². The van der Waals surface area contributed by atoms with Crippen molar-refractivity contribution in [3.8, 4) is 0 Å². The number of piperidine rings is 1. The normalized spacial score (nSPS) is 32.4. The van der Waals surface area contributed by atoms with Crippen LogP contribution in [-0.2, 0) is 11.3 Å². The van der Waals surface area contributed by atoms with Gasteiger partial charge in [-0.25, -0.2) is 0 Å². The Morgan fingerprint density at radius 2 is 2.00 bits per heavy atom. The fraction of sp³-hybridized carbons (Fsp3) is 0.462. The van der Waals surface area contributed by atoms with Crippen LogP contribution in [0.4, 0.5) is 0 Å². The number of nitrogens with zero attached hydrogens (tertiary/aromatic N) is 1. The molecule has 0 radical (unpaired) electrons. The predicted molar refractivity (Wildman–Crippen MR) is 59.5 cm³/mol. The van der Waals surface area contributed by atoms with Gasteiger partial charge in [0.05, 0.1) is 12.0 Å². The van der Waals surface area contributed by atoms with Crippen molar-refractivity contribution < 1.29 is 9.90 Å². The smallest absolute Gasteiger partial charge is 0.228 e. The highest BCUT2D eigenvalue weighted by Crippen LogP contribution is 2.39. The van der Waals surface area contributed by atoms with Crippen molar-refractivity contribution in [2.45, 2.75) is 31.5 Å². The molecule has 1 aliphatic heterocycles. The molecule has 0 spiro atoms. The summed E-state index contributed by atoms with van der Waals surface area (Å²) in [6, 6.07) is 10.3. The SMILES string of the molecule is O=C1C2CC(CC2O)N1Cc1ccccc1. The number of fused-ring (bicyclic) bond motifs is 2. The summed E-state index contributed by atoms with van der Waals surface area (Å²) >= 11 is 0. The number of amides is 1. The van der Waals surface area contributed by atoms with Gasteiger partial charge in [-0.15, -0.1) is 0 Å². The lowest BCUT2D eigenvalue weighted by Gasteiger charge is -2.29. The summed E-state index contributed by atoms with van der Waals surface area (Å²) in [6.07, 6.45) is 1.19. The summed E-state index contributed by atoms with van der Waals surface area (Å²) in [5.41, 5.74) is 1.16. The monoisotopic (exact) mass is 217 g/mol. The summed E-state index contributed by atoms with van der Waals surface area (Å²) in [7, 11) is 0. The van der Waals surface area contributed by atoms with E-state index in [9.17, 15) is 9.90 Å². The van der Waals surface area contributed by atoms with E-state index in [1.807, 2.05) is 35.2 Å². The van der Waals surface area contributed by atoms with Gasteiger partial charge in [0.15, 0.2) is 0 Å². The van der Waals surface area contributed by atoms with Crippen LogP contribution >= 0.6 is 0 Å². The molecule has 1 aliphatic carbocycles. The van der Waals surface area contributed by atoms with Crippen molar-refractivity contribution in [2.75, 3.05) is 0 Å². The van der Waals surface area contributed by atoms with Gasteiger partial charge in [-0.3, -0.25) is 4.79 Å². The summed E-state index contributed by atoms with van der Waals surface area (Å²) < 4.78 is 0. The molecule has 2 aliphatic rings.